The van der Waals surface area contributed by atoms with Gasteiger partial charge in [-0.25, -0.2) is 0 Å². The molecule has 2 rings (SSSR count). The van der Waals surface area contributed by atoms with Gasteiger partial charge < -0.3 is 15.0 Å². The van der Waals surface area contributed by atoms with Crippen LogP contribution >= 0.6 is 0 Å². The van der Waals surface area contributed by atoms with Gasteiger partial charge in [0.2, 0.25) is 5.89 Å². The van der Waals surface area contributed by atoms with Crippen LogP contribution in [0.5, 0.6) is 0 Å². The maximum absolute atomic E-state index is 6.26. The van der Waals surface area contributed by atoms with Crippen molar-refractivity contribution in [2.45, 2.75) is 44.6 Å². The van der Waals surface area contributed by atoms with E-state index in [4.69, 9.17) is 15.0 Å². The van der Waals surface area contributed by atoms with Crippen molar-refractivity contribution in [2.75, 3.05) is 13.2 Å². The highest BCUT2D eigenvalue weighted by Crippen LogP contribution is 2.29. The standard InChI is InChI=1S/C11H19N3O2/c1-3-8(2)9-13-10(16-14-9)11(12)4-6-15-7-5-11/h8H,3-7,12H2,1-2H3. The fraction of sp³-hybridized carbons (Fsp3) is 0.818. The Morgan fingerprint density at radius 3 is 2.75 bits per heavy atom. The predicted octanol–water partition coefficient (Wildman–Crippen LogP) is 1.55. The van der Waals surface area contributed by atoms with Crippen LogP contribution in [0, 0.1) is 0 Å². The molecule has 16 heavy (non-hydrogen) atoms. The van der Waals surface area contributed by atoms with E-state index in [-0.39, 0.29) is 0 Å². The van der Waals surface area contributed by atoms with Crippen LogP contribution < -0.4 is 5.73 Å². The van der Waals surface area contributed by atoms with E-state index in [1.165, 1.54) is 0 Å². The molecule has 1 fully saturated rings. The van der Waals surface area contributed by atoms with Crippen LogP contribution in [-0.2, 0) is 10.3 Å². The Labute approximate surface area is 95.3 Å². The lowest BCUT2D eigenvalue weighted by Gasteiger charge is -2.29. The zero-order chi connectivity index (χ0) is 11.6. The van der Waals surface area contributed by atoms with Gasteiger partial charge in [0.25, 0.3) is 0 Å². The van der Waals surface area contributed by atoms with Gasteiger partial charge in [-0.15, -0.1) is 0 Å². The van der Waals surface area contributed by atoms with E-state index < -0.39 is 5.54 Å². The second-order valence-electron chi connectivity index (χ2n) is 4.54. The van der Waals surface area contributed by atoms with Gasteiger partial charge in [-0.2, -0.15) is 4.98 Å². The molecule has 1 aliphatic rings. The summed E-state index contributed by atoms with van der Waals surface area (Å²) < 4.78 is 10.6. The molecule has 5 nitrogen and oxygen atoms in total. The van der Waals surface area contributed by atoms with Gasteiger partial charge in [0.15, 0.2) is 5.82 Å². The van der Waals surface area contributed by atoms with Crippen LogP contribution in [0.2, 0.25) is 0 Å². The quantitative estimate of drug-likeness (QED) is 0.844. The molecule has 5 heteroatoms. The fourth-order valence-corrected chi connectivity index (χ4v) is 1.77. The lowest BCUT2D eigenvalue weighted by molar-refractivity contribution is 0.0400. The van der Waals surface area contributed by atoms with Crippen molar-refractivity contribution in [1.82, 2.24) is 10.1 Å². The van der Waals surface area contributed by atoms with Gasteiger partial charge in [0, 0.05) is 19.1 Å². The monoisotopic (exact) mass is 225 g/mol. The second-order valence-corrected chi connectivity index (χ2v) is 4.54. The first-order valence-corrected chi connectivity index (χ1v) is 5.86. The van der Waals surface area contributed by atoms with Gasteiger partial charge in [-0.05, 0) is 19.3 Å². The van der Waals surface area contributed by atoms with Crippen LogP contribution in [0.4, 0.5) is 0 Å². The number of rotatable bonds is 3. The molecular weight excluding hydrogens is 206 g/mol. The average Bonchev–Trinajstić information content (AvgIpc) is 2.79. The van der Waals surface area contributed by atoms with Gasteiger partial charge in [-0.1, -0.05) is 19.0 Å². The van der Waals surface area contributed by atoms with E-state index in [2.05, 4.69) is 24.0 Å². The van der Waals surface area contributed by atoms with Gasteiger partial charge >= 0.3 is 0 Å². The summed E-state index contributed by atoms with van der Waals surface area (Å²) in [7, 11) is 0. The molecule has 0 bridgehead atoms. The van der Waals surface area contributed by atoms with E-state index in [0.717, 1.165) is 25.1 Å². The zero-order valence-electron chi connectivity index (χ0n) is 9.90. The first-order valence-electron chi connectivity index (χ1n) is 5.86. The topological polar surface area (TPSA) is 74.2 Å². The van der Waals surface area contributed by atoms with Crippen molar-refractivity contribution in [3.8, 4) is 0 Å². The van der Waals surface area contributed by atoms with E-state index in [1.54, 1.807) is 0 Å². The van der Waals surface area contributed by atoms with E-state index in [1.807, 2.05) is 0 Å². The van der Waals surface area contributed by atoms with Gasteiger partial charge in [-0.3, -0.25) is 0 Å². The molecule has 1 aliphatic heterocycles. The molecule has 0 amide bonds. The Balaban J connectivity index is 2.17. The zero-order valence-corrected chi connectivity index (χ0v) is 9.90. The summed E-state index contributed by atoms with van der Waals surface area (Å²) in [5, 5.41) is 4.00. The molecule has 1 unspecified atom stereocenters. The summed E-state index contributed by atoms with van der Waals surface area (Å²) in [5.41, 5.74) is 5.77. The van der Waals surface area contributed by atoms with Crippen LogP contribution in [0.3, 0.4) is 0 Å². The minimum atomic E-state index is -0.489. The van der Waals surface area contributed by atoms with E-state index in [0.29, 0.717) is 25.0 Å². The Morgan fingerprint density at radius 2 is 2.12 bits per heavy atom. The highest BCUT2D eigenvalue weighted by atomic mass is 16.5. The number of ether oxygens (including phenoxy) is 1. The summed E-state index contributed by atoms with van der Waals surface area (Å²) >= 11 is 0. The third-order valence-electron chi connectivity index (χ3n) is 3.31. The number of hydrogen-bond acceptors (Lipinski definition) is 5. The molecule has 0 saturated carbocycles. The molecule has 1 saturated heterocycles. The summed E-state index contributed by atoms with van der Waals surface area (Å²) in [6.07, 6.45) is 2.49. The van der Waals surface area contributed by atoms with Crippen LogP contribution in [0.1, 0.15) is 50.7 Å². The molecule has 0 aromatic carbocycles. The number of hydrogen-bond donors (Lipinski definition) is 1. The van der Waals surface area contributed by atoms with Crippen molar-refractivity contribution >= 4 is 0 Å². The SMILES string of the molecule is CCC(C)c1noc(C2(N)CCOCC2)n1. The molecule has 0 spiro atoms. The first-order chi connectivity index (χ1) is 7.65. The summed E-state index contributed by atoms with van der Waals surface area (Å²) in [4.78, 5) is 4.42. The maximum atomic E-state index is 6.26. The third kappa shape index (κ3) is 2.10. The normalized spacial score (nSPS) is 21.9. The van der Waals surface area contributed by atoms with E-state index in [9.17, 15) is 0 Å². The van der Waals surface area contributed by atoms with Crippen molar-refractivity contribution in [2.24, 2.45) is 5.73 Å². The minimum Gasteiger partial charge on any atom is -0.381 e. The van der Waals surface area contributed by atoms with Crippen molar-refractivity contribution < 1.29 is 9.26 Å². The Kier molecular flexibility index (Phi) is 3.25. The van der Waals surface area contributed by atoms with Crippen LogP contribution in [0.15, 0.2) is 4.52 Å². The molecule has 2 heterocycles. The Morgan fingerprint density at radius 1 is 1.44 bits per heavy atom. The van der Waals surface area contributed by atoms with Gasteiger partial charge in [0.1, 0.15) is 5.54 Å². The fourth-order valence-electron chi connectivity index (χ4n) is 1.77. The maximum Gasteiger partial charge on any atom is 0.246 e. The predicted molar refractivity (Wildman–Crippen MR) is 58.9 cm³/mol. The molecule has 0 aliphatic carbocycles. The minimum absolute atomic E-state index is 0.320. The van der Waals surface area contributed by atoms with Crippen molar-refractivity contribution in [3.05, 3.63) is 11.7 Å². The lowest BCUT2D eigenvalue weighted by atomic mass is 9.91. The average molecular weight is 225 g/mol. The summed E-state index contributed by atoms with van der Waals surface area (Å²) in [6, 6.07) is 0. The number of nitrogens with zero attached hydrogens (tertiary/aromatic N) is 2. The molecule has 2 N–H and O–H groups in total. The Hall–Kier alpha value is -0.940. The lowest BCUT2D eigenvalue weighted by Crippen LogP contribution is -2.42. The molecule has 0 radical (unpaired) electrons. The van der Waals surface area contributed by atoms with Crippen molar-refractivity contribution in [1.29, 1.82) is 0 Å². The summed E-state index contributed by atoms with van der Waals surface area (Å²) in [5.74, 6) is 1.64. The number of aromatic nitrogens is 2. The molecule has 1 aromatic rings. The third-order valence-corrected chi connectivity index (χ3v) is 3.31. The molecular formula is C11H19N3O2. The van der Waals surface area contributed by atoms with Crippen molar-refractivity contribution in [3.63, 3.8) is 0 Å². The Bertz CT molecular complexity index is 345. The molecule has 1 aromatic heterocycles. The largest absolute Gasteiger partial charge is 0.381 e. The highest BCUT2D eigenvalue weighted by molar-refractivity contribution is 5.05. The van der Waals surface area contributed by atoms with E-state index >= 15 is 0 Å². The first kappa shape index (κ1) is 11.5. The van der Waals surface area contributed by atoms with Crippen LogP contribution in [0.25, 0.3) is 0 Å². The van der Waals surface area contributed by atoms with Gasteiger partial charge in [0.05, 0.1) is 0 Å². The highest BCUT2D eigenvalue weighted by Gasteiger charge is 2.36. The molecule has 90 valence electrons. The molecule has 1 atom stereocenters. The second kappa shape index (κ2) is 4.51. The summed E-state index contributed by atoms with van der Waals surface area (Å²) in [6.45, 7) is 5.52. The number of nitrogens with two attached hydrogens (primary N) is 1. The smallest absolute Gasteiger partial charge is 0.246 e. The van der Waals surface area contributed by atoms with Crippen LogP contribution in [-0.4, -0.2) is 23.4 Å².